The lowest BCUT2D eigenvalue weighted by atomic mass is 10.0. The van der Waals surface area contributed by atoms with Crippen molar-refractivity contribution >= 4 is 5.78 Å². The van der Waals surface area contributed by atoms with Gasteiger partial charge in [-0.15, -0.1) is 0 Å². The highest BCUT2D eigenvalue weighted by molar-refractivity contribution is 6.10. The van der Waals surface area contributed by atoms with Crippen molar-refractivity contribution in [3.63, 3.8) is 0 Å². The van der Waals surface area contributed by atoms with E-state index in [1.165, 1.54) is 31.4 Å². The summed E-state index contributed by atoms with van der Waals surface area (Å²) in [6.45, 7) is 0. The summed E-state index contributed by atoms with van der Waals surface area (Å²) in [5, 5.41) is 19.3. The Morgan fingerprint density at radius 3 is 2.53 bits per heavy atom. The van der Waals surface area contributed by atoms with Crippen LogP contribution in [0, 0.1) is 11.3 Å². The minimum atomic E-state index is -4.64. The molecule has 9 heteroatoms. The molecule has 0 aliphatic rings. The number of alkyl halides is 3. The van der Waals surface area contributed by atoms with Gasteiger partial charge in [-0.3, -0.25) is 14.2 Å². The number of hydrogen-bond donors (Lipinski definition) is 1. The van der Waals surface area contributed by atoms with Crippen molar-refractivity contribution in [1.82, 2.24) is 4.57 Å². The average molecular weight is 414 g/mol. The number of pyridine rings is 1. The first kappa shape index (κ1) is 20.7. The van der Waals surface area contributed by atoms with E-state index in [2.05, 4.69) is 0 Å². The minimum Gasteiger partial charge on any atom is -0.507 e. The molecule has 0 aliphatic heterocycles. The molecule has 0 fully saturated rings. The Bertz CT molecular complexity index is 1240. The molecule has 0 bridgehead atoms. The molecule has 2 aromatic carbocycles. The van der Waals surface area contributed by atoms with Crippen LogP contribution in [-0.4, -0.2) is 22.6 Å². The number of benzene rings is 2. The van der Waals surface area contributed by atoms with Crippen molar-refractivity contribution in [3.05, 3.63) is 87.3 Å². The van der Waals surface area contributed by atoms with Gasteiger partial charge in [0.05, 0.1) is 18.2 Å². The largest absolute Gasteiger partial charge is 0.507 e. The van der Waals surface area contributed by atoms with Crippen LogP contribution in [0.15, 0.2) is 59.5 Å². The highest BCUT2D eigenvalue weighted by Crippen LogP contribution is 2.30. The summed E-state index contributed by atoms with van der Waals surface area (Å²) in [5.74, 6) is -0.831. The SMILES string of the molecule is COc1ccc(O)c(C(=O)c2cc(C#N)c(=O)n(-c3cccc(C(F)(F)F)c3)c2)c1. The molecule has 1 heterocycles. The number of phenols is 1. The summed E-state index contributed by atoms with van der Waals surface area (Å²) < 4.78 is 44.9. The van der Waals surface area contributed by atoms with Crippen LogP contribution < -0.4 is 10.3 Å². The molecule has 0 aliphatic carbocycles. The van der Waals surface area contributed by atoms with Gasteiger partial charge in [-0.1, -0.05) is 6.07 Å². The monoisotopic (exact) mass is 414 g/mol. The fraction of sp³-hybridized carbons (Fsp3) is 0.0952. The van der Waals surface area contributed by atoms with Crippen LogP contribution in [-0.2, 0) is 6.18 Å². The lowest BCUT2D eigenvalue weighted by Gasteiger charge is -2.13. The number of aromatic hydroxyl groups is 1. The molecule has 0 atom stereocenters. The number of ketones is 1. The summed E-state index contributed by atoms with van der Waals surface area (Å²) in [6, 6.07) is 10.5. The van der Waals surface area contributed by atoms with E-state index in [-0.39, 0.29) is 28.3 Å². The molecule has 30 heavy (non-hydrogen) atoms. The summed E-state index contributed by atoms with van der Waals surface area (Å²) in [5.41, 5.74) is -2.83. The first-order valence-corrected chi connectivity index (χ1v) is 8.42. The van der Waals surface area contributed by atoms with E-state index in [0.29, 0.717) is 0 Å². The lowest BCUT2D eigenvalue weighted by molar-refractivity contribution is -0.137. The Kier molecular flexibility index (Phi) is 5.34. The van der Waals surface area contributed by atoms with Gasteiger partial charge < -0.3 is 9.84 Å². The molecule has 0 saturated heterocycles. The number of ether oxygens (including phenoxy) is 1. The molecule has 152 valence electrons. The zero-order chi connectivity index (χ0) is 22.1. The van der Waals surface area contributed by atoms with E-state index in [1.807, 2.05) is 0 Å². The smallest absolute Gasteiger partial charge is 0.416 e. The molecule has 0 radical (unpaired) electrons. The van der Waals surface area contributed by atoms with Gasteiger partial charge in [-0.2, -0.15) is 18.4 Å². The van der Waals surface area contributed by atoms with Gasteiger partial charge in [-0.25, -0.2) is 0 Å². The number of nitrogens with zero attached hydrogens (tertiary/aromatic N) is 2. The zero-order valence-electron chi connectivity index (χ0n) is 15.4. The third kappa shape index (κ3) is 3.89. The molecule has 1 aromatic heterocycles. The van der Waals surface area contributed by atoms with Crippen molar-refractivity contribution in [2.75, 3.05) is 7.11 Å². The molecular weight excluding hydrogens is 401 g/mol. The molecule has 0 spiro atoms. The molecule has 0 amide bonds. The van der Waals surface area contributed by atoms with Crippen molar-refractivity contribution in [2.24, 2.45) is 0 Å². The number of phenolic OH excluding ortho intramolecular Hbond substituents is 1. The summed E-state index contributed by atoms with van der Waals surface area (Å²) in [4.78, 5) is 25.4. The maximum Gasteiger partial charge on any atom is 0.416 e. The molecular formula is C21H13F3N2O4. The van der Waals surface area contributed by atoms with E-state index in [9.17, 15) is 33.1 Å². The van der Waals surface area contributed by atoms with Crippen molar-refractivity contribution in [2.45, 2.75) is 6.18 Å². The number of hydrogen-bond acceptors (Lipinski definition) is 5. The number of methoxy groups -OCH3 is 1. The van der Waals surface area contributed by atoms with Crippen LogP contribution >= 0.6 is 0 Å². The number of nitriles is 1. The van der Waals surface area contributed by atoms with Crippen LogP contribution in [0.2, 0.25) is 0 Å². The van der Waals surface area contributed by atoms with Gasteiger partial charge in [-0.05, 0) is 42.5 Å². The maximum absolute atomic E-state index is 13.0. The summed E-state index contributed by atoms with van der Waals surface area (Å²) in [6.07, 6.45) is -3.61. The van der Waals surface area contributed by atoms with E-state index >= 15 is 0 Å². The normalized spacial score (nSPS) is 11.0. The number of carbonyl (C=O) groups is 1. The Morgan fingerprint density at radius 1 is 1.17 bits per heavy atom. The van der Waals surface area contributed by atoms with Crippen LogP contribution in [0.3, 0.4) is 0 Å². The average Bonchev–Trinajstić information content (AvgIpc) is 2.73. The predicted molar refractivity (Wildman–Crippen MR) is 99.8 cm³/mol. The second kappa shape index (κ2) is 7.75. The molecule has 1 N–H and O–H groups in total. The fourth-order valence-electron chi connectivity index (χ4n) is 2.79. The van der Waals surface area contributed by atoms with Gasteiger partial charge in [0.15, 0.2) is 5.78 Å². The number of rotatable bonds is 4. The van der Waals surface area contributed by atoms with Gasteiger partial charge >= 0.3 is 6.18 Å². The van der Waals surface area contributed by atoms with Gasteiger partial charge in [0.2, 0.25) is 0 Å². The molecule has 6 nitrogen and oxygen atoms in total. The summed E-state index contributed by atoms with van der Waals surface area (Å²) in [7, 11) is 1.36. The number of carbonyl (C=O) groups excluding carboxylic acids is 1. The molecule has 3 rings (SSSR count). The van der Waals surface area contributed by atoms with Gasteiger partial charge in [0, 0.05) is 17.4 Å². The molecule has 0 saturated carbocycles. The van der Waals surface area contributed by atoms with Crippen molar-refractivity contribution in [3.8, 4) is 23.3 Å². The van der Waals surface area contributed by atoms with Crippen molar-refractivity contribution < 1.29 is 27.8 Å². The first-order chi connectivity index (χ1) is 14.2. The molecule has 3 aromatic rings. The lowest BCUT2D eigenvalue weighted by Crippen LogP contribution is -2.23. The highest BCUT2D eigenvalue weighted by atomic mass is 19.4. The van der Waals surface area contributed by atoms with E-state index in [1.54, 1.807) is 6.07 Å². The van der Waals surface area contributed by atoms with Crippen LogP contribution in [0.4, 0.5) is 13.2 Å². The summed E-state index contributed by atoms with van der Waals surface area (Å²) >= 11 is 0. The van der Waals surface area contributed by atoms with Gasteiger partial charge in [0.1, 0.15) is 23.1 Å². The predicted octanol–water partition coefficient (Wildman–Crippen LogP) is 3.67. The van der Waals surface area contributed by atoms with E-state index in [0.717, 1.165) is 35.0 Å². The molecule has 0 unspecified atom stereocenters. The topological polar surface area (TPSA) is 92.3 Å². The third-order valence-corrected chi connectivity index (χ3v) is 4.30. The Morgan fingerprint density at radius 2 is 1.90 bits per heavy atom. The fourth-order valence-corrected chi connectivity index (χ4v) is 2.79. The second-order valence-electron chi connectivity index (χ2n) is 6.19. The highest BCUT2D eigenvalue weighted by Gasteiger charge is 2.30. The first-order valence-electron chi connectivity index (χ1n) is 8.42. The van der Waals surface area contributed by atoms with E-state index < -0.39 is 28.6 Å². The van der Waals surface area contributed by atoms with Crippen LogP contribution in [0.1, 0.15) is 27.0 Å². The minimum absolute atomic E-state index is 0.160. The Hall–Kier alpha value is -4.06. The number of aromatic nitrogens is 1. The third-order valence-electron chi connectivity index (χ3n) is 4.30. The standard InChI is InChI=1S/C21H13F3N2O4/c1-30-16-5-6-18(27)17(9-16)19(28)13-7-12(10-25)20(29)26(11-13)15-4-2-3-14(8-15)21(22,23)24/h2-9,11,27H,1H3. The zero-order valence-corrected chi connectivity index (χ0v) is 15.4. The van der Waals surface area contributed by atoms with Gasteiger partial charge in [0.25, 0.3) is 5.56 Å². The Labute approximate surface area is 168 Å². The Balaban J connectivity index is 2.20. The quantitative estimate of drug-likeness (QED) is 0.658. The second-order valence-corrected chi connectivity index (χ2v) is 6.19. The van der Waals surface area contributed by atoms with Crippen LogP contribution in [0.5, 0.6) is 11.5 Å². The van der Waals surface area contributed by atoms with E-state index in [4.69, 9.17) is 4.74 Å². The number of halogens is 3. The van der Waals surface area contributed by atoms with Crippen LogP contribution in [0.25, 0.3) is 5.69 Å². The maximum atomic E-state index is 13.0. The van der Waals surface area contributed by atoms with Crippen molar-refractivity contribution in [1.29, 1.82) is 5.26 Å².